The molecule has 0 saturated carbocycles. The molecule has 0 aliphatic rings. The van der Waals surface area contributed by atoms with Gasteiger partial charge in [0, 0.05) is 5.02 Å². The topological polar surface area (TPSA) is 55.4 Å². The van der Waals surface area contributed by atoms with Crippen LogP contribution in [0.1, 0.15) is 15.9 Å². The third-order valence-electron chi connectivity index (χ3n) is 2.94. The quantitative estimate of drug-likeness (QED) is 0.788. The first kappa shape index (κ1) is 17.6. The number of halogens is 3. The van der Waals surface area contributed by atoms with Crippen molar-refractivity contribution in [1.29, 1.82) is 0 Å². The third kappa shape index (κ3) is 4.61. The number of aryl methyl sites for hydroxylation is 1. The van der Waals surface area contributed by atoms with E-state index in [1.165, 1.54) is 6.07 Å². The van der Waals surface area contributed by atoms with Gasteiger partial charge >= 0.3 is 5.97 Å². The first-order chi connectivity index (χ1) is 10.9. The number of amides is 1. The molecule has 0 aliphatic heterocycles. The summed E-state index contributed by atoms with van der Waals surface area (Å²) in [5.41, 5.74) is 1.32. The number of hydrogen-bond donors (Lipinski definition) is 1. The molecular formula is C16H12Cl3NO3. The van der Waals surface area contributed by atoms with E-state index in [1.807, 2.05) is 0 Å². The summed E-state index contributed by atoms with van der Waals surface area (Å²) in [4.78, 5) is 23.7. The number of hydrogen-bond acceptors (Lipinski definition) is 3. The van der Waals surface area contributed by atoms with Gasteiger partial charge in [0.05, 0.1) is 21.3 Å². The van der Waals surface area contributed by atoms with E-state index in [0.717, 1.165) is 5.56 Å². The maximum atomic E-state index is 11.9. The van der Waals surface area contributed by atoms with Crippen molar-refractivity contribution >= 4 is 52.4 Å². The van der Waals surface area contributed by atoms with E-state index < -0.39 is 18.5 Å². The fourth-order valence-electron chi connectivity index (χ4n) is 1.78. The molecule has 0 aliphatic carbocycles. The molecule has 2 aromatic rings. The van der Waals surface area contributed by atoms with E-state index in [-0.39, 0.29) is 11.3 Å². The lowest BCUT2D eigenvalue weighted by molar-refractivity contribution is -0.119. The summed E-state index contributed by atoms with van der Waals surface area (Å²) in [6.45, 7) is 1.32. The van der Waals surface area contributed by atoms with Gasteiger partial charge in [-0.05, 0) is 36.8 Å². The minimum absolute atomic E-state index is 0.261. The third-order valence-corrected chi connectivity index (χ3v) is 3.98. The lowest BCUT2D eigenvalue weighted by atomic mass is 10.2. The lowest BCUT2D eigenvalue weighted by Gasteiger charge is -2.11. The summed E-state index contributed by atoms with van der Waals surface area (Å²) >= 11 is 17.9. The minimum Gasteiger partial charge on any atom is -0.452 e. The first-order valence-corrected chi connectivity index (χ1v) is 7.69. The number of nitrogens with one attached hydrogen (secondary N) is 1. The molecule has 120 valence electrons. The highest BCUT2D eigenvalue weighted by Crippen LogP contribution is 2.32. The van der Waals surface area contributed by atoms with E-state index in [0.29, 0.717) is 15.1 Å². The molecule has 23 heavy (non-hydrogen) atoms. The summed E-state index contributed by atoms with van der Waals surface area (Å²) in [7, 11) is 0. The van der Waals surface area contributed by atoms with Crippen molar-refractivity contribution in [1.82, 2.24) is 0 Å². The number of ether oxygens (including phenoxy) is 1. The average molecular weight is 373 g/mol. The molecule has 7 heteroatoms. The molecule has 2 aromatic carbocycles. The fraction of sp³-hybridized carbons (Fsp3) is 0.125. The highest BCUT2D eigenvalue weighted by molar-refractivity contribution is 6.40. The number of carbonyl (C=O) groups excluding carboxylic acids is 2. The summed E-state index contributed by atoms with van der Waals surface area (Å²) in [6, 6.07) is 9.60. The molecule has 4 nitrogen and oxygen atoms in total. The maximum absolute atomic E-state index is 11.9. The van der Waals surface area contributed by atoms with Gasteiger partial charge in [0.2, 0.25) is 0 Å². The molecule has 0 unspecified atom stereocenters. The normalized spacial score (nSPS) is 10.3. The van der Waals surface area contributed by atoms with Crippen LogP contribution in [0.5, 0.6) is 0 Å². The summed E-state index contributed by atoms with van der Waals surface area (Å²) in [6.07, 6.45) is 0. The van der Waals surface area contributed by atoms with Crippen molar-refractivity contribution in [3.05, 3.63) is 62.6 Å². The van der Waals surface area contributed by atoms with Gasteiger partial charge in [-0.25, -0.2) is 4.79 Å². The van der Waals surface area contributed by atoms with Crippen LogP contribution in [0, 0.1) is 6.92 Å². The maximum Gasteiger partial charge on any atom is 0.338 e. The number of anilines is 1. The van der Waals surface area contributed by atoms with Crippen molar-refractivity contribution in [3.8, 4) is 0 Å². The van der Waals surface area contributed by atoms with Crippen molar-refractivity contribution < 1.29 is 14.3 Å². The molecular weight excluding hydrogens is 361 g/mol. The van der Waals surface area contributed by atoms with Gasteiger partial charge < -0.3 is 10.1 Å². The van der Waals surface area contributed by atoms with Crippen molar-refractivity contribution in [3.63, 3.8) is 0 Å². The Labute approximate surface area is 148 Å². The Morgan fingerprint density at radius 1 is 1.13 bits per heavy atom. The molecule has 1 N–H and O–H groups in total. The molecule has 0 aromatic heterocycles. The highest BCUT2D eigenvalue weighted by Gasteiger charge is 2.14. The van der Waals surface area contributed by atoms with Crippen LogP contribution in [-0.2, 0) is 9.53 Å². The van der Waals surface area contributed by atoms with Crippen LogP contribution in [0.3, 0.4) is 0 Å². The Kier molecular flexibility index (Phi) is 5.88. The predicted molar refractivity (Wildman–Crippen MR) is 91.6 cm³/mol. The van der Waals surface area contributed by atoms with Crippen LogP contribution >= 0.6 is 34.8 Å². The monoisotopic (exact) mass is 371 g/mol. The van der Waals surface area contributed by atoms with Gasteiger partial charge in [0.15, 0.2) is 6.61 Å². The molecule has 0 heterocycles. The Morgan fingerprint density at radius 2 is 1.87 bits per heavy atom. The fourth-order valence-corrected chi connectivity index (χ4v) is 2.43. The number of esters is 1. The lowest BCUT2D eigenvalue weighted by Crippen LogP contribution is -2.21. The Bertz CT molecular complexity index is 762. The molecule has 2 rings (SSSR count). The summed E-state index contributed by atoms with van der Waals surface area (Å²) in [5, 5.41) is 3.58. The van der Waals surface area contributed by atoms with Gasteiger partial charge in [-0.2, -0.15) is 0 Å². The number of carbonyl (C=O) groups is 2. The second-order valence-electron chi connectivity index (χ2n) is 4.69. The second-order valence-corrected chi connectivity index (χ2v) is 5.91. The molecule has 0 bridgehead atoms. The van der Waals surface area contributed by atoms with E-state index in [9.17, 15) is 9.59 Å². The SMILES string of the molecule is Cc1ccc(Cl)c(NC(=O)COC(=O)c2cccc(Cl)c2)c1Cl. The summed E-state index contributed by atoms with van der Waals surface area (Å²) in [5.74, 6) is -1.20. The zero-order chi connectivity index (χ0) is 17.0. The largest absolute Gasteiger partial charge is 0.452 e. The van der Waals surface area contributed by atoms with E-state index in [2.05, 4.69) is 5.32 Å². The van der Waals surface area contributed by atoms with E-state index >= 15 is 0 Å². The Morgan fingerprint density at radius 3 is 2.57 bits per heavy atom. The minimum atomic E-state index is -0.649. The second kappa shape index (κ2) is 7.68. The van der Waals surface area contributed by atoms with Crippen LogP contribution in [0.2, 0.25) is 15.1 Å². The van der Waals surface area contributed by atoms with Crippen molar-refractivity contribution in [2.24, 2.45) is 0 Å². The van der Waals surface area contributed by atoms with Crippen molar-refractivity contribution in [2.45, 2.75) is 6.92 Å². The molecule has 1 amide bonds. The van der Waals surface area contributed by atoms with Gasteiger partial charge in [0.1, 0.15) is 0 Å². The highest BCUT2D eigenvalue weighted by atomic mass is 35.5. The van der Waals surface area contributed by atoms with E-state index in [1.54, 1.807) is 37.3 Å². The van der Waals surface area contributed by atoms with Crippen LogP contribution < -0.4 is 5.32 Å². The van der Waals surface area contributed by atoms with Gasteiger partial charge in [0.25, 0.3) is 5.91 Å². The molecule has 0 fully saturated rings. The average Bonchev–Trinajstić information content (AvgIpc) is 2.53. The summed E-state index contributed by atoms with van der Waals surface area (Å²) < 4.78 is 4.93. The zero-order valence-electron chi connectivity index (χ0n) is 12.0. The van der Waals surface area contributed by atoms with Gasteiger partial charge in [-0.1, -0.05) is 46.9 Å². The standard InChI is InChI=1S/C16H12Cl3NO3/c1-9-5-6-12(18)15(14(9)19)20-13(21)8-23-16(22)10-3-2-4-11(17)7-10/h2-7H,8H2,1H3,(H,20,21). The Balaban J connectivity index is 1.98. The Hall–Kier alpha value is -1.75. The van der Waals surface area contributed by atoms with Gasteiger partial charge in [-0.3, -0.25) is 4.79 Å². The number of benzene rings is 2. The predicted octanol–water partition coefficient (Wildman–Crippen LogP) is 4.75. The zero-order valence-corrected chi connectivity index (χ0v) is 14.3. The smallest absolute Gasteiger partial charge is 0.338 e. The first-order valence-electron chi connectivity index (χ1n) is 6.55. The molecule has 0 atom stereocenters. The number of rotatable bonds is 4. The van der Waals surface area contributed by atoms with Crippen LogP contribution in [0.25, 0.3) is 0 Å². The molecule has 0 saturated heterocycles. The van der Waals surface area contributed by atoms with Crippen molar-refractivity contribution in [2.75, 3.05) is 11.9 Å². The molecule has 0 radical (unpaired) electrons. The van der Waals surface area contributed by atoms with Gasteiger partial charge in [-0.15, -0.1) is 0 Å². The van der Waals surface area contributed by atoms with Crippen LogP contribution in [-0.4, -0.2) is 18.5 Å². The van der Waals surface area contributed by atoms with E-state index in [4.69, 9.17) is 39.5 Å². The van der Waals surface area contributed by atoms with Crippen LogP contribution in [0.15, 0.2) is 36.4 Å². The molecule has 0 spiro atoms. The van der Waals surface area contributed by atoms with Crippen LogP contribution in [0.4, 0.5) is 5.69 Å².